The third-order valence-electron chi connectivity index (χ3n) is 2.77. The van der Waals surface area contributed by atoms with Gasteiger partial charge in [-0.2, -0.15) is 0 Å². The Labute approximate surface area is 111 Å². The van der Waals surface area contributed by atoms with Crippen molar-refractivity contribution < 1.29 is 4.74 Å². The Bertz CT molecular complexity index is 581. The topological polar surface area (TPSA) is 56.1 Å². The van der Waals surface area contributed by atoms with Crippen molar-refractivity contribution in [3.8, 4) is 5.88 Å². The maximum atomic E-state index is 11.5. The minimum Gasteiger partial charge on any atom is -0.481 e. The molecule has 0 radical (unpaired) electrons. The lowest BCUT2D eigenvalue weighted by atomic mass is 10.2. The summed E-state index contributed by atoms with van der Waals surface area (Å²) in [5, 5.41) is 3.29. The third-order valence-corrected chi connectivity index (χ3v) is 2.77. The molecule has 0 unspecified atom stereocenters. The van der Waals surface area contributed by atoms with E-state index in [0.717, 1.165) is 18.7 Å². The van der Waals surface area contributed by atoms with Crippen molar-refractivity contribution in [2.45, 2.75) is 13.1 Å². The van der Waals surface area contributed by atoms with Gasteiger partial charge in [0.1, 0.15) is 0 Å². The smallest absolute Gasteiger partial charge is 0.250 e. The van der Waals surface area contributed by atoms with Gasteiger partial charge in [-0.05, 0) is 17.7 Å². The highest BCUT2D eigenvalue weighted by molar-refractivity contribution is 5.20. The van der Waals surface area contributed by atoms with E-state index >= 15 is 0 Å². The summed E-state index contributed by atoms with van der Waals surface area (Å²) in [6.45, 7) is 2.11. The summed E-state index contributed by atoms with van der Waals surface area (Å²) in [4.78, 5) is 15.5. The zero-order chi connectivity index (χ0) is 13.5. The van der Waals surface area contributed by atoms with Gasteiger partial charge >= 0.3 is 0 Å². The fourth-order valence-corrected chi connectivity index (χ4v) is 1.75. The maximum Gasteiger partial charge on any atom is 0.250 e. The van der Waals surface area contributed by atoms with Gasteiger partial charge < -0.3 is 14.6 Å². The number of nitrogens with zero attached hydrogens (tertiary/aromatic N) is 2. The quantitative estimate of drug-likeness (QED) is 0.788. The molecule has 0 bridgehead atoms. The second-order valence-corrected chi connectivity index (χ2v) is 4.12. The molecule has 19 heavy (non-hydrogen) atoms. The Morgan fingerprint density at radius 1 is 1.37 bits per heavy atom. The van der Waals surface area contributed by atoms with Crippen LogP contribution in [0.1, 0.15) is 5.56 Å². The summed E-state index contributed by atoms with van der Waals surface area (Å²) in [6, 6.07) is 8.99. The largest absolute Gasteiger partial charge is 0.481 e. The van der Waals surface area contributed by atoms with E-state index in [0.29, 0.717) is 12.4 Å². The number of rotatable bonds is 6. The first-order valence-electron chi connectivity index (χ1n) is 6.15. The van der Waals surface area contributed by atoms with Crippen LogP contribution in [-0.2, 0) is 13.1 Å². The summed E-state index contributed by atoms with van der Waals surface area (Å²) < 4.78 is 6.74. The second kappa shape index (κ2) is 6.70. The fourth-order valence-electron chi connectivity index (χ4n) is 1.75. The lowest BCUT2D eigenvalue weighted by Crippen LogP contribution is -2.25. The Kier molecular flexibility index (Phi) is 4.69. The number of hydrogen-bond acceptors (Lipinski definition) is 4. The number of aromatic nitrogens is 2. The van der Waals surface area contributed by atoms with Crippen LogP contribution in [0.25, 0.3) is 0 Å². The van der Waals surface area contributed by atoms with E-state index in [-0.39, 0.29) is 5.56 Å². The molecule has 0 saturated heterocycles. The monoisotopic (exact) mass is 259 g/mol. The van der Waals surface area contributed by atoms with Gasteiger partial charge in [0.15, 0.2) is 0 Å². The summed E-state index contributed by atoms with van der Waals surface area (Å²) in [6.07, 6.45) is 3.51. The summed E-state index contributed by atoms with van der Waals surface area (Å²) in [5.41, 5.74) is 1.13. The van der Waals surface area contributed by atoms with Crippen LogP contribution in [0.5, 0.6) is 5.88 Å². The van der Waals surface area contributed by atoms with Crippen LogP contribution < -0.4 is 15.6 Å². The van der Waals surface area contributed by atoms with E-state index in [2.05, 4.69) is 10.3 Å². The van der Waals surface area contributed by atoms with Crippen molar-refractivity contribution in [3.05, 3.63) is 58.6 Å². The van der Waals surface area contributed by atoms with Gasteiger partial charge in [0, 0.05) is 44.2 Å². The first kappa shape index (κ1) is 13.3. The number of methoxy groups -OCH3 is 1. The first-order chi connectivity index (χ1) is 9.29. The Morgan fingerprint density at radius 3 is 3.05 bits per heavy atom. The number of ether oxygens (including phenoxy) is 1. The van der Waals surface area contributed by atoms with E-state index in [1.54, 1.807) is 36.2 Å². The van der Waals surface area contributed by atoms with Gasteiger partial charge in [-0.3, -0.25) is 4.79 Å². The van der Waals surface area contributed by atoms with Gasteiger partial charge in [-0.15, -0.1) is 0 Å². The van der Waals surface area contributed by atoms with Crippen LogP contribution in [0.3, 0.4) is 0 Å². The highest BCUT2D eigenvalue weighted by Crippen LogP contribution is 2.07. The molecule has 0 atom stereocenters. The van der Waals surface area contributed by atoms with Crippen LogP contribution in [-0.4, -0.2) is 23.2 Å². The molecule has 0 spiro atoms. The molecule has 1 N–H and O–H groups in total. The molecule has 2 rings (SSSR count). The second-order valence-electron chi connectivity index (χ2n) is 4.12. The SMILES string of the molecule is COc1cc(CNCCn2ccccc2=O)ccn1. The number of hydrogen-bond donors (Lipinski definition) is 1. The highest BCUT2D eigenvalue weighted by Gasteiger charge is 1.97. The fraction of sp³-hybridized carbons (Fsp3) is 0.286. The predicted octanol–water partition coefficient (Wildman–Crippen LogP) is 1.04. The Hall–Kier alpha value is -2.14. The lowest BCUT2D eigenvalue weighted by Gasteiger charge is -2.07. The van der Waals surface area contributed by atoms with Crippen LogP contribution in [0.2, 0.25) is 0 Å². The zero-order valence-corrected chi connectivity index (χ0v) is 10.9. The molecule has 0 aromatic carbocycles. The third kappa shape index (κ3) is 3.93. The standard InChI is InChI=1S/C14H17N3O2/c1-19-13-10-12(5-6-16-13)11-15-7-9-17-8-3-2-4-14(17)18/h2-6,8,10,15H,7,9,11H2,1H3. The van der Waals surface area contributed by atoms with Crippen molar-refractivity contribution in [3.63, 3.8) is 0 Å². The first-order valence-corrected chi connectivity index (χ1v) is 6.15. The summed E-state index contributed by atoms with van der Waals surface area (Å²) in [7, 11) is 1.60. The van der Waals surface area contributed by atoms with Crippen molar-refractivity contribution in [1.29, 1.82) is 0 Å². The van der Waals surface area contributed by atoms with Crippen LogP contribution in [0.4, 0.5) is 0 Å². The molecule has 0 aliphatic carbocycles. The summed E-state index contributed by atoms with van der Waals surface area (Å²) >= 11 is 0. The maximum absolute atomic E-state index is 11.5. The molecule has 0 aliphatic rings. The minimum absolute atomic E-state index is 0.0230. The van der Waals surface area contributed by atoms with Crippen LogP contribution >= 0.6 is 0 Å². The lowest BCUT2D eigenvalue weighted by molar-refractivity contribution is 0.397. The van der Waals surface area contributed by atoms with Gasteiger partial charge in [0.2, 0.25) is 5.88 Å². The van der Waals surface area contributed by atoms with Gasteiger partial charge in [-0.1, -0.05) is 6.07 Å². The minimum atomic E-state index is 0.0230. The molecule has 0 saturated carbocycles. The van der Waals surface area contributed by atoms with Gasteiger partial charge in [0.25, 0.3) is 5.56 Å². The van der Waals surface area contributed by atoms with E-state index in [9.17, 15) is 4.79 Å². The molecule has 5 nitrogen and oxygen atoms in total. The average molecular weight is 259 g/mol. The van der Waals surface area contributed by atoms with Crippen molar-refractivity contribution in [2.75, 3.05) is 13.7 Å². The molecule has 100 valence electrons. The highest BCUT2D eigenvalue weighted by atomic mass is 16.5. The molecule has 2 aromatic heterocycles. The Morgan fingerprint density at radius 2 is 2.26 bits per heavy atom. The molecule has 0 amide bonds. The molecular formula is C14H17N3O2. The van der Waals surface area contributed by atoms with Crippen molar-refractivity contribution in [1.82, 2.24) is 14.9 Å². The normalized spacial score (nSPS) is 10.4. The molecule has 2 aromatic rings. The summed E-state index contributed by atoms with van der Waals surface area (Å²) in [5.74, 6) is 0.610. The molecular weight excluding hydrogens is 242 g/mol. The molecule has 0 aliphatic heterocycles. The molecule has 5 heteroatoms. The molecule has 0 fully saturated rings. The number of pyridine rings is 2. The van der Waals surface area contributed by atoms with E-state index in [4.69, 9.17) is 4.74 Å². The van der Waals surface area contributed by atoms with Crippen molar-refractivity contribution in [2.24, 2.45) is 0 Å². The average Bonchev–Trinajstić information content (AvgIpc) is 2.45. The van der Waals surface area contributed by atoms with Gasteiger partial charge in [-0.25, -0.2) is 4.98 Å². The van der Waals surface area contributed by atoms with Gasteiger partial charge in [0.05, 0.1) is 7.11 Å². The van der Waals surface area contributed by atoms with E-state index in [1.807, 2.05) is 18.2 Å². The predicted molar refractivity (Wildman–Crippen MR) is 73.2 cm³/mol. The van der Waals surface area contributed by atoms with Crippen LogP contribution in [0, 0.1) is 0 Å². The molecule has 2 heterocycles. The zero-order valence-electron chi connectivity index (χ0n) is 10.9. The van der Waals surface area contributed by atoms with Crippen molar-refractivity contribution >= 4 is 0 Å². The van der Waals surface area contributed by atoms with E-state index < -0.39 is 0 Å². The van der Waals surface area contributed by atoms with Crippen LogP contribution in [0.15, 0.2) is 47.5 Å². The van der Waals surface area contributed by atoms with E-state index in [1.165, 1.54) is 0 Å². The Balaban J connectivity index is 1.81. The number of nitrogens with one attached hydrogen (secondary N) is 1.